The zero-order valence-corrected chi connectivity index (χ0v) is 10.9. The maximum absolute atomic E-state index is 10.3. The fourth-order valence-electron chi connectivity index (χ4n) is 3.50. The van der Waals surface area contributed by atoms with E-state index in [4.69, 9.17) is 0 Å². The lowest BCUT2D eigenvalue weighted by Crippen LogP contribution is -2.40. The largest absolute Gasteiger partial charge is 0.392 e. The molecule has 1 heterocycles. The summed E-state index contributed by atoms with van der Waals surface area (Å²) in [4.78, 5) is 0. The van der Waals surface area contributed by atoms with Crippen molar-refractivity contribution in [1.82, 2.24) is 5.32 Å². The van der Waals surface area contributed by atoms with Crippen LogP contribution in [0.15, 0.2) is 24.3 Å². The third-order valence-corrected chi connectivity index (χ3v) is 4.57. The van der Waals surface area contributed by atoms with Crippen molar-refractivity contribution in [1.29, 1.82) is 0 Å². The van der Waals surface area contributed by atoms with Gasteiger partial charge in [0.05, 0.1) is 6.10 Å². The second-order valence-corrected chi connectivity index (χ2v) is 5.89. The number of hydrogen-bond donors (Lipinski definition) is 2. The molecule has 18 heavy (non-hydrogen) atoms. The van der Waals surface area contributed by atoms with E-state index in [-0.39, 0.29) is 6.10 Å². The lowest BCUT2D eigenvalue weighted by molar-refractivity contribution is 0.0854. The van der Waals surface area contributed by atoms with Crippen LogP contribution < -0.4 is 5.32 Å². The van der Waals surface area contributed by atoms with Crippen molar-refractivity contribution in [3.8, 4) is 0 Å². The Labute approximate surface area is 109 Å². The molecule has 1 aromatic rings. The van der Waals surface area contributed by atoms with Gasteiger partial charge < -0.3 is 10.4 Å². The van der Waals surface area contributed by atoms with Crippen molar-refractivity contribution >= 4 is 0 Å². The van der Waals surface area contributed by atoms with E-state index in [2.05, 4.69) is 29.6 Å². The Bertz CT molecular complexity index is 398. The van der Waals surface area contributed by atoms with Crippen molar-refractivity contribution in [2.24, 2.45) is 5.92 Å². The summed E-state index contributed by atoms with van der Waals surface area (Å²) in [5.41, 5.74) is 2.79. The van der Waals surface area contributed by atoms with Crippen LogP contribution in [0.3, 0.4) is 0 Å². The van der Waals surface area contributed by atoms with Gasteiger partial charge in [0.1, 0.15) is 0 Å². The van der Waals surface area contributed by atoms with Gasteiger partial charge in [-0.05, 0) is 55.7 Å². The predicted molar refractivity (Wildman–Crippen MR) is 73.6 cm³/mol. The Morgan fingerprint density at radius 2 is 1.89 bits per heavy atom. The molecule has 1 saturated heterocycles. The van der Waals surface area contributed by atoms with Crippen LogP contribution in [0.4, 0.5) is 0 Å². The van der Waals surface area contributed by atoms with Gasteiger partial charge in [-0.1, -0.05) is 30.7 Å². The highest BCUT2D eigenvalue weighted by atomic mass is 16.3. The number of benzene rings is 1. The molecule has 1 fully saturated rings. The van der Waals surface area contributed by atoms with Crippen molar-refractivity contribution in [3.05, 3.63) is 35.4 Å². The molecule has 0 bridgehead atoms. The molecule has 1 aliphatic heterocycles. The molecule has 98 valence electrons. The highest BCUT2D eigenvalue weighted by Gasteiger charge is 2.29. The van der Waals surface area contributed by atoms with Crippen LogP contribution in [-0.2, 0) is 12.8 Å². The zero-order valence-electron chi connectivity index (χ0n) is 10.9. The third-order valence-electron chi connectivity index (χ3n) is 4.57. The van der Waals surface area contributed by atoms with E-state index in [1.807, 2.05) is 0 Å². The zero-order chi connectivity index (χ0) is 12.4. The summed E-state index contributed by atoms with van der Waals surface area (Å²) in [5, 5.41) is 13.9. The van der Waals surface area contributed by atoms with Crippen molar-refractivity contribution in [2.75, 3.05) is 6.54 Å². The normalized spacial score (nSPS) is 31.9. The summed E-state index contributed by atoms with van der Waals surface area (Å²) in [6, 6.07) is 9.21. The maximum Gasteiger partial charge on any atom is 0.0612 e. The minimum Gasteiger partial charge on any atom is -0.392 e. The quantitative estimate of drug-likeness (QED) is 0.838. The Kier molecular flexibility index (Phi) is 3.67. The molecule has 1 aromatic carbocycles. The van der Waals surface area contributed by atoms with Gasteiger partial charge in [0.2, 0.25) is 0 Å². The molecule has 3 atom stereocenters. The smallest absolute Gasteiger partial charge is 0.0612 e. The van der Waals surface area contributed by atoms with Crippen LogP contribution in [0.1, 0.15) is 36.8 Å². The van der Waals surface area contributed by atoms with E-state index in [1.165, 1.54) is 30.4 Å². The minimum absolute atomic E-state index is 0.149. The Morgan fingerprint density at radius 1 is 1.11 bits per heavy atom. The average molecular weight is 245 g/mol. The van der Waals surface area contributed by atoms with Gasteiger partial charge in [-0.15, -0.1) is 0 Å². The van der Waals surface area contributed by atoms with E-state index >= 15 is 0 Å². The Hall–Kier alpha value is -0.860. The van der Waals surface area contributed by atoms with E-state index in [1.54, 1.807) is 0 Å². The van der Waals surface area contributed by atoms with E-state index in [0.717, 1.165) is 25.8 Å². The summed E-state index contributed by atoms with van der Waals surface area (Å²) < 4.78 is 0. The molecule has 0 amide bonds. The van der Waals surface area contributed by atoms with Gasteiger partial charge in [0, 0.05) is 6.04 Å². The molecule has 2 aliphatic rings. The number of hydrogen-bond acceptors (Lipinski definition) is 2. The van der Waals surface area contributed by atoms with Crippen LogP contribution in [0.5, 0.6) is 0 Å². The molecule has 0 radical (unpaired) electrons. The standard InChI is InChI=1S/C16H23NO/c18-16-11-13-6-2-1-5-12(13)9-14(16)10-15-7-3-4-8-17-15/h1-2,5-6,14-18H,3-4,7-11H2. The Balaban J connectivity index is 1.66. The molecule has 0 aromatic heterocycles. The van der Waals surface area contributed by atoms with Gasteiger partial charge in [-0.2, -0.15) is 0 Å². The number of piperidine rings is 1. The van der Waals surface area contributed by atoms with Crippen LogP contribution in [0.2, 0.25) is 0 Å². The number of nitrogens with one attached hydrogen (secondary N) is 1. The molecule has 3 rings (SSSR count). The summed E-state index contributed by atoms with van der Waals surface area (Å²) in [5.74, 6) is 0.440. The predicted octanol–water partition coefficient (Wildman–Crippen LogP) is 2.29. The molecular weight excluding hydrogens is 222 g/mol. The van der Waals surface area contributed by atoms with E-state index < -0.39 is 0 Å². The first-order chi connectivity index (χ1) is 8.83. The van der Waals surface area contributed by atoms with Crippen LogP contribution in [0, 0.1) is 5.92 Å². The second kappa shape index (κ2) is 5.41. The fraction of sp³-hybridized carbons (Fsp3) is 0.625. The van der Waals surface area contributed by atoms with Crippen LogP contribution >= 0.6 is 0 Å². The highest BCUT2D eigenvalue weighted by Crippen LogP contribution is 2.30. The topological polar surface area (TPSA) is 32.3 Å². The third kappa shape index (κ3) is 2.60. The Morgan fingerprint density at radius 3 is 2.61 bits per heavy atom. The molecule has 0 spiro atoms. The summed E-state index contributed by atoms with van der Waals surface area (Å²) in [7, 11) is 0. The fourth-order valence-corrected chi connectivity index (χ4v) is 3.50. The molecular formula is C16H23NO. The minimum atomic E-state index is -0.149. The summed E-state index contributed by atoms with van der Waals surface area (Å²) in [6.45, 7) is 1.16. The molecule has 2 nitrogen and oxygen atoms in total. The molecule has 1 aliphatic carbocycles. The van der Waals surface area contributed by atoms with Crippen molar-refractivity contribution < 1.29 is 5.11 Å². The number of aliphatic hydroxyl groups excluding tert-OH is 1. The van der Waals surface area contributed by atoms with Gasteiger partial charge in [0.25, 0.3) is 0 Å². The first-order valence-electron chi connectivity index (χ1n) is 7.31. The van der Waals surface area contributed by atoms with Crippen LogP contribution in [0.25, 0.3) is 0 Å². The lowest BCUT2D eigenvalue weighted by Gasteiger charge is -2.34. The SMILES string of the molecule is OC1Cc2ccccc2CC1CC1CCCCN1. The maximum atomic E-state index is 10.3. The van der Waals surface area contributed by atoms with Crippen molar-refractivity contribution in [2.45, 2.75) is 50.7 Å². The number of rotatable bonds is 2. The first kappa shape index (κ1) is 12.2. The molecule has 3 unspecified atom stereocenters. The number of fused-ring (bicyclic) bond motifs is 1. The molecule has 2 heteroatoms. The molecule has 0 saturated carbocycles. The first-order valence-corrected chi connectivity index (χ1v) is 7.31. The number of aliphatic hydroxyl groups is 1. The highest BCUT2D eigenvalue weighted by molar-refractivity contribution is 5.30. The van der Waals surface area contributed by atoms with Crippen LogP contribution in [-0.4, -0.2) is 23.8 Å². The monoisotopic (exact) mass is 245 g/mol. The lowest BCUT2D eigenvalue weighted by atomic mass is 9.78. The average Bonchev–Trinajstić information content (AvgIpc) is 2.41. The van der Waals surface area contributed by atoms with Gasteiger partial charge >= 0.3 is 0 Å². The van der Waals surface area contributed by atoms with Gasteiger partial charge in [0.15, 0.2) is 0 Å². The molecule has 2 N–H and O–H groups in total. The van der Waals surface area contributed by atoms with E-state index in [9.17, 15) is 5.11 Å². The van der Waals surface area contributed by atoms with Gasteiger partial charge in [-0.25, -0.2) is 0 Å². The van der Waals surface area contributed by atoms with Crippen molar-refractivity contribution in [3.63, 3.8) is 0 Å². The second-order valence-electron chi connectivity index (χ2n) is 5.89. The summed E-state index contributed by atoms with van der Waals surface area (Å²) in [6.07, 6.45) is 6.82. The van der Waals surface area contributed by atoms with E-state index in [0.29, 0.717) is 12.0 Å². The summed E-state index contributed by atoms with van der Waals surface area (Å²) >= 11 is 0. The van der Waals surface area contributed by atoms with Gasteiger partial charge in [-0.3, -0.25) is 0 Å².